The van der Waals surface area contributed by atoms with Crippen LogP contribution in [-0.2, 0) is 5.88 Å². The first-order valence-electron chi connectivity index (χ1n) is 6.04. The fraction of sp³-hybridized carbons (Fsp3) is 0.667. The summed E-state index contributed by atoms with van der Waals surface area (Å²) in [6.07, 6.45) is 3.54. The van der Waals surface area contributed by atoms with Gasteiger partial charge in [-0.2, -0.15) is 0 Å². The fourth-order valence-electron chi connectivity index (χ4n) is 2.92. The van der Waals surface area contributed by atoms with Crippen molar-refractivity contribution in [3.63, 3.8) is 0 Å². The number of rotatable bonds is 1. The molecule has 1 aliphatic carbocycles. The van der Waals surface area contributed by atoms with Gasteiger partial charge in [-0.1, -0.05) is 13.3 Å². The molecular formula is C12H15ClN2OS. The molecule has 2 aliphatic rings. The largest absolute Gasteiger partial charge is 0.309 e. The highest BCUT2D eigenvalue weighted by atomic mass is 35.5. The van der Waals surface area contributed by atoms with Crippen molar-refractivity contribution >= 4 is 23.4 Å². The van der Waals surface area contributed by atoms with Crippen LogP contribution in [-0.4, -0.2) is 15.2 Å². The number of hydrogen-bond acceptors (Lipinski definition) is 3. The first-order chi connectivity index (χ1) is 8.19. The Balaban J connectivity index is 2.02. The summed E-state index contributed by atoms with van der Waals surface area (Å²) in [5.41, 5.74) is 0.945. The quantitative estimate of drug-likeness (QED) is 0.630. The van der Waals surface area contributed by atoms with Crippen molar-refractivity contribution < 1.29 is 0 Å². The lowest BCUT2D eigenvalue weighted by atomic mass is 9.80. The maximum Gasteiger partial charge on any atom is 0.255 e. The Kier molecular flexibility index (Phi) is 2.95. The normalized spacial score (nSPS) is 31.1. The van der Waals surface area contributed by atoms with Crippen molar-refractivity contribution in [1.29, 1.82) is 0 Å². The van der Waals surface area contributed by atoms with E-state index >= 15 is 0 Å². The zero-order chi connectivity index (χ0) is 12.0. The molecule has 0 aromatic carbocycles. The molecular weight excluding hydrogens is 256 g/mol. The molecule has 92 valence electrons. The topological polar surface area (TPSA) is 45.8 Å². The molecule has 2 heterocycles. The van der Waals surface area contributed by atoms with Gasteiger partial charge in [0.15, 0.2) is 0 Å². The van der Waals surface area contributed by atoms with E-state index in [1.807, 2.05) is 0 Å². The van der Waals surface area contributed by atoms with Crippen molar-refractivity contribution in [3.05, 3.63) is 21.7 Å². The van der Waals surface area contributed by atoms with E-state index < -0.39 is 0 Å². The number of aromatic nitrogens is 2. The molecule has 0 saturated heterocycles. The monoisotopic (exact) mass is 270 g/mol. The summed E-state index contributed by atoms with van der Waals surface area (Å²) in [7, 11) is 0. The lowest BCUT2D eigenvalue weighted by Gasteiger charge is -2.28. The second-order valence-corrected chi connectivity index (χ2v) is 6.54. The molecule has 1 fully saturated rings. The van der Waals surface area contributed by atoms with Gasteiger partial charge in [-0.25, -0.2) is 4.98 Å². The SMILES string of the molecule is C[C@@H]1CC[C@H]2c3c(nc(CCl)[nH]c3=O)S[C@H]2C1. The van der Waals surface area contributed by atoms with E-state index in [-0.39, 0.29) is 11.4 Å². The van der Waals surface area contributed by atoms with E-state index in [0.29, 0.717) is 17.0 Å². The van der Waals surface area contributed by atoms with Crippen LogP contribution in [0.25, 0.3) is 0 Å². The number of fused-ring (bicyclic) bond motifs is 3. The maximum absolute atomic E-state index is 12.1. The first kappa shape index (κ1) is 11.6. The number of hydrogen-bond donors (Lipinski definition) is 1. The molecule has 0 spiro atoms. The van der Waals surface area contributed by atoms with Crippen molar-refractivity contribution in [1.82, 2.24) is 9.97 Å². The zero-order valence-electron chi connectivity index (χ0n) is 9.70. The number of nitrogens with zero attached hydrogens (tertiary/aromatic N) is 1. The van der Waals surface area contributed by atoms with Gasteiger partial charge in [-0.15, -0.1) is 23.4 Å². The van der Waals surface area contributed by atoms with E-state index in [9.17, 15) is 4.79 Å². The van der Waals surface area contributed by atoms with Gasteiger partial charge in [0.05, 0.1) is 11.4 Å². The Hall–Kier alpha value is -0.480. The molecule has 1 aromatic heterocycles. The smallest absolute Gasteiger partial charge is 0.255 e. The van der Waals surface area contributed by atoms with Crippen LogP contribution >= 0.6 is 23.4 Å². The number of alkyl halides is 1. The number of aromatic amines is 1. The molecule has 3 rings (SSSR count). The molecule has 17 heavy (non-hydrogen) atoms. The van der Waals surface area contributed by atoms with Crippen LogP contribution in [0.1, 0.15) is 43.5 Å². The van der Waals surface area contributed by atoms with Crippen LogP contribution in [0, 0.1) is 5.92 Å². The van der Waals surface area contributed by atoms with Gasteiger partial charge >= 0.3 is 0 Å². The van der Waals surface area contributed by atoms with Gasteiger partial charge in [0.25, 0.3) is 5.56 Å². The summed E-state index contributed by atoms with van der Waals surface area (Å²) in [4.78, 5) is 19.3. The Morgan fingerprint density at radius 3 is 3.12 bits per heavy atom. The van der Waals surface area contributed by atoms with Gasteiger partial charge in [0.1, 0.15) is 10.9 Å². The van der Waals surface area contributed by atoms with Crippen LogP contribution < -0.4 is 5.56 Å². The molecule has 5 heteroatoms. The standard InChI is InChI=1S/C12H15ClN2OS/c1-6-2-3-7-8(4-6)17-12-10(7)11(16)14-9(5-13)15-12/h6-8H,2-5H2,1H3,(H,14,15,16)/t6-,7-,8+/m1/s1. The molecule has 0 radical (unpaired) electrons. The Morgan fingerprint density at radius 2 is 2.35 bits per heavy atom. The van der Waals surface area contributed by atoms with Crippen LogP contribution in [0.2, 0.25) is 0 Å². The van der Waals surface area contributed by atoms with Crippen molar-refractivity contribution in [2.24, 2.45) is 5.92 Å². The lowest BCUT2D eigenvalue weighted by molar-refractivity contribution is 0.359. The molecule has 1 aliphatic heterocycles. The van der Waals surface area contributed by atoms with E-state index in [0.717, 1.165) is 22.9 Å². The Morgan fingerprint density at radius 1 is 1.53 bits per heavy atom. The third kappa shape index (κ3) is 1.91. The van der Waals surface area contributed by atoms with Gasteiger partial charge in [0, 0.05) is 11.2 Å². The number of halogens is 1. The molecule has 0 unspecified atom stereocenters. The van der Waals surface area contributed by atoms with Crippen LogP contribution in [0.3, 0.4) is 0 Å². The average Bonchev–Trinajstić information content (AvgIpc) is 2.66. The summed E-state index contributed by atoms with van der Waals surface area (Å²) < 4.78 is 0. The second kappa shape index (κ2) is 4.32. The second-order valence-electron chi connectivity index (χ2n) is 5.05. The zero-order valence-corrected chi connectivity index (χ0v) is 11.3. The summed E-state index contributed by atoms with van der Waals surface area (Å²) >= 11 is 7.51. The third-order valence-electron chi connectivity index (χ3n) is 3.78. The van der Waals surface area contributed by atoms with Crippen molar-refractivity contribution in [2.75, 3.05) is 0 Å². The molecule has 0 amide bonds. The summed E-state index contributed by atoms with van der Waals surface area (Å²) in [6, 6.07) is 0. The maximum atomic E-state index is 12.1. The highest BCUT2D eigenvalue weighted by Crippen LogP contribution is 2.50. The molecule has 0 bridgehead atoms. The Bertz CT molecular complexity index is 502. The number of thioether (sulfide) groups is 1. The number of nitrogens with one attached hydrogen (secondary N) is 1. The van der Waals surface area contributed by atoms with E-state index in [1.165, 1.54) is 12.8 Å². The highest BCUT2D eigenvalue weighted by Gasteiger charge is 2.40. The van der Waals surface area contributed by atoms with Crippen LogP contribution in [0.15, 0.2) is 9.82 Å². The minimum Gasteiger partial charge on any atom is -0.309 e. The van der Waals surface area contributed by atoms with Gasteiger partial charge in [-0.3, -0.25) is 4.79 Å². The molecule has 1 N–H and O–H groups in total. The van der Waals surface area contributed by atoms with E-state index in [1.54, 1.807) is 11.8 Å². The molecule has 1 aromatic rings. The minimum atomic E-state index is 0.0280. The van der Waals surface area contributed by atoms with Gasteiger partial charge < -0.3 is 4.98 Å². The third-order valence-corrected chi connectivity index (χ3v) is 5.40. The van der Waals surface area contributed by atoms with Crippen LogP contribution in [0.4, 0.5) is 0 Å². The van der Waals surface area contributed by atoms with E-state index in [4.69, 9.17) is 11.6 Å². The fourth-order valence-corrected chi connectivity index (χ4v) is 4.73. The summed E-state index contributed by atoms with van der Waals surface area (Å²) in [5.74, 6) is 2.04. The molecule has 1 saturated carbocycles. The summed E-state index contributed by atoms with van der Waals surface area (Å²) in [6.45, 7) is 2.29. The van der Waals surface area contributed by atoms with Crippen LogP contribution in [0.5, 0.6) is 0 Å². The number of H-pyrrole nitrogens is 1. The average molecular weight is 271 g/mol. The van der Waals surface area contributed by atoms with E-state index in [2.05, 4.69) is 16.9 Å². The Labute approximate surface area is 109 Å². The lowest BCUT2D eigenvalue weighted by Crippen LogP contribution is -2.25. The minimum absolute atomic E-state index is 0.0280. The summed E-state index contributed by atoms with van der Waals surface area (Å²) in [5, 5.41) is 1.47. The van der Waals surface area contributed by atoms with Gasteiger partial charge in [0.2, 0.25) is 0 Å². The first-order valence-corrected chi connectivity index (χ1v) is 7.46. The van der Waals surface area contributed by atoms with Crippen molar-refractivity contribution in [3.8, 4) is 0 Å². The molecule has 3 nitrogen and oxygen atoms in total. The highest BCUT2D eigenvalue weighted by molar-refractivity contribution is 8.00. The van der Waals surface area contributed by atoms with Gasteiger partial charge in [-0.05, 0) is 18.8 Å². The van der Waals surface area contributed by atoms with Crippen molar-refractivity contribution in [2.45, 2.75) is 48.3 Å². The molecule has 3 atom stereocenters. The predicted octanol–water partition coefficient (Wildman–Crippen LogP) is 2.89. The predicted molar refractivity (Wildman–Crippen MR) is 69.8 cm³/mol.